The SMILES string of the molecule is CC(=O)N[C@H]1C(C)(C)[C@@H]2C[C@@H]3[C@@H](CCNC(=O)c4cccnc4)OCC[C@@]31C2. The number of carbonyl (C=O) groups is 2. The fourth-order valence-electron chi connectivity index (χ4n) is 6.32. The Labute approximate surface area is 166 Å². The third kappa shape index (κ3) is 3.11. The molecule has 5 atom stereocenters. The van der Waals surface area contributed by atoms with E-state index in [1.54, 1.807) is 31.5 Å². The zero-order valence-electron chi connectivity index (χ0n) is 17.0. The smallest absolute Gasteiger partial charge is 0.252 e. The normalized spacial score (nSPS) is 35.2. The topological polar surface area (TPSA) is 80.3 Å². The maximum atomic E-state index is 12.3. The summed E-state index contributed by atoms with van der Waals surface area (Å²) in [6, 6.07) is 3.74. The van der Waals surface area contributed by atoms with E-state index in [1.165, 1.54) is 6.42 Å². The zero-order chi connectivity index (χ0) is 19.9. The van der Waals surface area contributed by atoms with E-state index in [9.17, 15) is 9.59 Å². The van der Waals surface area contributed by atoms with Crippen molar-refractivity contribution in [1.82, 2.24) is 15.6 Å². The Morgan fingerprint density at radius 2 is 2.18 bits per heavy atom. The van der Waals surface area contributed by atoms with Gasteiger partial charge in [0.1, 0.15) is 0 Å². The van der Waals surface area contributed by atoms with E-state index in [1.807, 2.05) is 0 Å². The molecule has 3 fully saturated rings. The van der Waals surface area contributed by atoms with Gasteiger partial charge in [-0.1, -0.05) is 13.8 Å². The predicted molar refractivity (Wildman–Crippen MR) is 106 cm³/mol. The van der Waals surface area contributed by atoms with E-state index in [4.69, 9.17) is 4.74 Å². The molecule has 0 aromatic carbocycles. The molecule has 4 rings (SSSR count). The first-order chi connectivity index (χ1) is 13.3. The Hall–Kier alpha value is -1.95. The summed E-state index contributed by atoms with van der Waals surface area (Å²) < 4.78 is 6.17. The highest BCUT2D eigenvalue weighted by molar-refractivity contribution is 5.93. The molecule has 2 saturated carbocycles. The van der Waals surface area contributed by atoms with Crippen LogP contribution in [0, 0.1) is 22.7 Å². The quantitative estimate of drug-likeness (QED) is 0.816. The number of nitrogens with zero attached hydrogens (tertiary/aromatic N) is 1. The molecule has 3 aliphatic rings. The number of ether oxygens (including phenoxy) is 1. The monoisotopic (exact) mass is 385 g/mol. The van der Waals surface area contributed by atoms with E-state index < -0.39 is 0 Å². The van der Waals surface area contributed by atoms with Crippen molar-refractivity contribution in [2.45, 2.75) is 58.6 Å². The van der Waals surface area contributed by atoms with Crippen LogP contribution in [0.2, 0.25) is 0 Å². The molecule has 1 spiro atoms. The predicted octanol–water partition coefficient (Wildman–Crippen LogP) is 2.55. The minimum atomic E-state index is -0.0937. The first-order valence-electron chi connectivity index (χ1n) is 10.4. The van der Waals surface area contributed by atoms with Gasteiger partial charge in [-0.25, -0.2) is 0 Å². The second kappa shape index (κ2) is 7.14. The van der Waals surface area contributed by atoms with Crippen molar-refractivity contribution in [1.29, 1.82) is 0 Å². The van der Waals surface area contributed by atoms with Gasteiger partial charge < -0.3 is 15.4 Å². The van der Waals surface area contributed by atoms with Gasteiger partial charge in [0.05, 0.1) is 11.7 Å². The van der Waals surface area contributed by atoms with Crippen LogP contribution in [0.5, 0.6) is 0 Å². The van der Waals surface area contributed by atoms with Gasteiger partial charge in [-0.2, -0.15) is 0 Å². The molecule has 6 nitrogen and oxygen atoms in total. The summed E-state index contributed by atoms with van der Waals surface area (Å²) in [6.07, 6.45) is 7.53. The summed E-state index contributed by atoms with van der Waals surface area (Å²) in [6.45, 7) is 7.56. The number of pyridine rings is 1. The number of hydrogen-bond donors (Lipinski definition) is 2. The van der Waals surface area contributed by atoms with E-state index in [0.29, 0.717) is 23.9 Å². The van der Waals surface area contributed by atoms with Gasteiger partial charge in [-0.15, -0.1) is 0 Å². The molecule has 0 radical (unpaired) electrons. The number of aromatic nitrogens is 1. The summed E-state index contributed by atoms with van der Waals surface area (Å²) in [7, 11) is 0. The largest absolute Gasteiger partial charge is 0.378 e. The van der Waals surface area contributed by atoms with Crippen molar-refractivity contribution >= 4 is 11.8 Å². The number of amides is 2. The Balaban J connectivity index is 1.42. The zero-order valence-corrected chi connectivity index (χ0v) is 17.0. The lowest BCUT2D eigenvalue weighted by Gasteiger charge is -2.53. The van der Waals surface area contributed by atoms with Gasteiger partial charge >= 0.3 is 0 Å². The molecule has 2 N–H and O–H groups in total. The minimum absolute atomic E-state index is 0.0607. The molecule has 1 aromatic rings. The Morgan fingerprint density at radius 3 is 2.89 bits per heavy atom. The first-order valence-corrected chi connectivity index (χ1v) is 10.4. The molecule has 1 aromatic heterocycles. The van der Waals surface area contributed by atoms with E-state index in [-0.39, 0.29) is 34.8 Å². The number of hydrogen-bond acceptors (Lipinski definition) is 4. The standard InChI is InChI=1S/C22H31N3O3/c1-14(26)25-20-21(2,3)16-11-17-18(28-10-7-22(17,20)12-16)6-9-24-19(27)15-5-4-8-23-13-15/h4-5,8,13,16-18,20H,6-7,9-12H2,1-3H3,(H,24,27)(H,25,26)/t16-,17-,18-,20+,22-/m1/s1. The van der Waals surface area contributed by atoms with Crippen molar-refractivity contribution in [3.8, 4) is 0 Å². The Morgan fingerprint density at radius 1 is 1.36 bits per heavy atom. The lowest BCUT2D eigenvalue weighted by atomic mass is 9.59. The third-order valence-corrected chi connectivity index (χ3v) is 7.61. The lowest BCUT2D eigenvalue weighted by molar-refractivity contribution is -0.135. The van der Waals surface area contributed by atoms with Gasteiger partial charge in [0, 0.05) is 38.5 Å². The van der Waals surface area contributed by atoms with Crippen LogP contribution in [0.1, 0.15) is 56.8 Å². The van der Waals surface area contributed by atoms with Crippen molar-refractivity contribution in [3.05, 3.63) is 30.1 Å². The second-order valence-corrected chi connectivity index (χ2v) is 9.38. The lowest BCUT2D eigenvalue weighted by Crippen LogP contribution is -2.60. The molecule has 2 amide bonds. The van der Waals surface area contributed by atoms with Gasteiger partial charge in [-0.3, -0.25) is 14.6 Å². The highest BCUT2D eigenvalue weighted by atomic mass is 16.5. The number of carbonyl (C=O) groups excluding carboxylic acids is 2. The van der Waals surface area contributed by atoms with Crippen LogP contribution in [0.3, 0.4) is 0 Å². The van der Waals surface area contributed by atoms with Gasteiger partial charge in [-0.05, 0) is 60.5 Å². The summed E-state index contributed by atoms with van der Waals surface area (Å²) in [5, 5.41) is 6.30. The molecular weight excluding hydrogens is 354 g/mol. The fraction of sp³-hybridized carbons (Fsp3) is 0.682. The van der Waals surface area contributed by atoms with Crippen LogP contribution < -0.4 is 10.6 Å². The van der Waals surface area contributed by atoms with Crippen LogP contribution in [0.25, 0.3) is 0 Å². The van der Waals surface area contributed by atoms with Crippen molar-refractivity contribution in [2.24, 2.45) is 22.7 Å². The Kier molecular flexibility index (Phi) is 4.94. The molecule has 152 valence electrons. The molecular formula is C22H31N3O3. The molecule has 2 bridgehead atoms. The van der Waals surface area contributed by atoms with Crippen LogP contribution in [-0.2, 0) is 9.53 Å². The first kappa shape index (κ1) is 19.4. The molecule has 2 aliphatic carbocycles. The number of nitrogens with one attached hydrogen (secondary N) is 2. The summed E-state index contributed by atoms with van der Waals surface area (Å²) in [5.74, 6) is 1.03. The molecule has 2 heterocycles. The van der Waals surface area contributed by atoms with E-state index in [0.717, 1.165) is 25.9 Å². The molecule has 6 heteroatoms. The number of rotatable bonds is 5. The summed E-state index contributed by atoms with van der Waals surface area (Å²) >= 11 is 0. The van der Waals surface area contributed by atoms with E-state index in [2.05, 4.69) is 29.5 Å². The van der Waals surface area contributed by atoms with Crippen molar-refractivity contribution < 1.29 is 14.3 Å². The summed E-state index contributed by atoms with van der Waals surface area (Å²) in [4.78, 5) is 28.2. The van der Waals surface area contributed by atoms with Crippen molar-refractivity contribution in [3.63, 3.8) is 0 Å². The molecule has 28 heavy (non-hydrogen) atoms. The third-order valence-electron chi connectivity index (χ3n) is 7.61. The van der Waals surface area contributed by atoms with Crippen LogP contribution in [0.4, 0.5) is 0 Å². The van der Waals surface area contributed by atoms with Gasteiger partial charge in [0.15, 0.2) is 0 Å². The highest BCUT2D eigenvalue weighted by Gasteiger charge is 2.68. The average molecular weight is 386 g/mol. The van der Waals surface area contributed by atoms with Crippen LogP contribution in [0.15, 0.2) is 24.5 Å². The number of fused-ring (bicyclic) bond motifs is 1. The average Bonchev–Trinajstić information content (AvgIpc) is 3.16. The fourth-order valence-corrected chi connectivity index (χ4v) is 6.32. The van der Waals surface area contributed by atoms with Crippen LogP contribution >= 0.6 is 0 Å². The molecule has 0 unspecified atom stereocenters. The van der Waals surface area contributed by atoms with Gasteiger partial charge in [0.2, 0.25) is 5.91 Å². The maximum Gasteiger partial charge on any atom is 0.252 e. The van der Waals surface area contributed by atoms with Gasteiger partial charge in [0.25, 0.3) is 5.91 Å². The van der Waals surface area contributed by atoms with Crippen LogP contribution in [-0.4, -0.2) is 42.1 Å². The maximum absolute atomic E-state index is 12.3. The highest BCUT2D eigenvalue weighted by Crippen LogP contribution is 2.68. The van der Waals surface area contributed by atoms with Crippen molar-refractivity contribution in [2.75, 3.05) is 13.2 Å². The summed E-state index contributed by atoms with van der Waals surface area (Å²) in [5.41, 5.74) is 0.838. The molecule has 1 saturated heterocycles. The molecule has 1 aliphatic heterocycles. The van der Waals surface area contributed by atoms with E-state index >= 15 is 0 Å². The minimum Gasteiger partial charge on any atom is -0.378 e. The second-order valence-electron chi connectivity index (χ2n) is 9.38. The Bertz CT molecular complexity index is 751.